The molecule has 3 aromatic carbocycles. The highest BCUT2D eigenvalue weighted by Gasteiger charge is 2.26. The minimum atomic E-state index is -3.58. The molecule has 0 unspecified atom stereocenters. The molecule has 1 aliphatic rings. The summed E-state index contributed by atoms with van der Waals surface area (Å²) in [5.74, 6) is -0.655. The fourth-order valence-electron chi connectivity index (χ4n) is 3.80. The lowest BCUT2D eigenvalue weighted by Crippen LogP contribution is -2.47. The highest BCUT2D eigenvalue weighted by molar-refractivity contribution is 7.90. The van der Waals surface area contributed by atoms with E-state index in [0.29, 0.717) is 58.3 Å². The van der Waals surface area contributed by atoms with Gasteiger partial charge in [-0.3, -0.25) is 13.9 Å². The number of carbonyl (C=O) groups excluding carboxylic acids is 2. The first-order valence-electron chi connectivity index (χ1n) is 11.0. The van der Waals surface area contributed by atoms with Crippen molar-refractivity contribution in [2.24, 2.45) is 0 Å². The first-order valence-corrected chi connectivity index (χ1v) is 12.8. The van der Waals surface area contributed by atoms with Gasteiger partial charge in [0.2, 0.25) is 0 Å². The summed E-state index contributed by atoms with van der Waals surface area (Å²) in [4.78, 5) is 25.6. The number of nitrogens with zero attached hydrogens (tertiary/aromatic N) is 1. The molecule has 1 fully saturated rings. The second-order valence-corrected chi connectivity index (χ2v) is 10.4. The monoisotopic (exact) mass is 512 g/mol. The number of rotatable bonds is 5. The largest absolute Gasteiger partial charge is 0.322 e. The van der Waals surface area contributed by atoms with Crippen LogP contribution >= 0.6 is 11.6 Å². The number of anilines is 3. The number of hydrogen-bond acceptors (Lipinski definition) is 4. The fourth-order valence-corrected chi connectivity index (χ4v) is 5.31. The summed E-state index contributed by atoms with van der Waals surface area (Å²) in [6, 6.07) is 16.8. The average Bonchev–Trinajstić information content (AvgIpc) is 2.80. The average molecular weight is 513 g/mol. The van der Waals surface area contributed by atoms with Crippen LogP contribution in [0.5, 0.6) is 0 Å². The van der Waals surface area contributed by atoms with E-state index in [4.69, 9.17) is 11.6 Å². The lowest BCUT2D eigenvalue weighted by atomic mass is 10.1. The van der Waals surface area contributed by atoms with Gasteiger partial charge >= 0.3 is 10.2 Å². The van der Waals surface area contributed by atoms with Crippen molar-refractivity contribution >= 4 is 50.7 Å². The molecule has 0 spiro atoms. The molecule has 1 aliphatic heterocycles. The zero-order valence-electron chi connectivity index (χ0n) is 19.3. The van der Waals surface area contributed by atoms with E-state index in [1.165, 1.54) is 4.31 Å². The first-order chi connectivity index (χ1) is 16.6. The van der Waals surface area contributed by atoms with Crippen LogP contribution in [0.2, 0.25) is 5.02 Å². The van der Waals surface area contributed by atoms with Gasteiger partial charge in [-0.05, 0) is 79.9 Å². The van der Waals surface area contributed by atoms with Crippen LogP contribution in [0.3, 0.4) is 0 Å². The summed E-state index contributed by atoms with van der Waals surface area (Å²) in [5, 5.41) is 6.17. The van der Waals surface area contributed by atoms with Crippen molar-refractivity contribution in [3.63, 3.8) is 0 Å². The Labute approximate surface area is 209 Å². The van der Waals surface area contributed by atoms with Crippen molar-refractivity contribution in [1.82, 2.24) is 4.72 Å². The van der Waals surface area contributed by atoms with Gasteiger partial charge < -0.3 is 10.6 Å². The van der Waals surface area contributed by atoms with E-state index in [9.17, 15) is 18.0 Å². The first kappa shape index (κ1) is 24.7. The van der Waals surface area contributed by atoms with Crippen LogP contribution in [-0.2, 0) is 10.2 Å². The van der Waals surface area contributed by atoms with Crippen LogP contribution < -0.4 is 19.7 Å². The Kier molecular flexibility index (Phi) is 7.11. The normalized spacial score (nSPS) is 14.9. The highest BCUT2D eigenvalue weighted by Crippen LogP contribution is 2.25. The number of carbonyl (C=O) groups is 2. The predicted octanol–water partition coefficient (Wildman–Crippen LogP) is 4.51. The van der Waals surface area contributed by atoms with E-state index in [1.54, 1.807) is 67.6 Å². The van der Waals surface area contributed by atoms with E-state index in [2.05, 4.69) is 15.4 Å². The fraction of sp³-hybridized carbons (Fsp3) is 0.200. The minimum Gasteiger partial charge on any atom is -0.322 e. The van der Waals surface area contributed by atoms with Gasteiger partial charge in [-0.15, -0.1) is 0 Å². The van der Waals surface area contributed by atoms with Crippen LogP contribution in [0.4, 0.5) is 17.1 Å². The Morgan fingerprint density at radius 3 is 2.46 bits per heavy atom. The van der Waals surface area contributed by atoms with Gasteiger partial charge in [-0.2, -0.15) is 13.1 Å². The van der Waals surface area contributed by atoms with E-state index in [0.717, 1.165) is 5.56 Å². The number of nitrogens with one attached hydrogen (secondary N) is 3. The maximum absolute atomic E-state index is 13.0. The van der Waals surface area contributed by atoms with E-state index < -0.39 is 10.2 Å². The van der Waals surface area contributed by atoms with Gasteiger partial charge in [-0.25, -0.2) is 0 Å². The lowest BCUT2D eigenvalue weighted by molar-refractivity contribution is 0.101. The number of aryl methyl sites for hydroxylation is 2. The van der Waals surface area contributed by atoms with Gasteiger partial charge in [0, 0.05) is 40.6 Å². The summed E-state index contributed by atoms with van der Waals surface area (Å²) in [6.45, 7) is 4.41. The Balaban J connectivity index is 1.50. The van der Waals surface area contributed by atoms with Crippen molar-refractivity contribution in [3.8, 4) is 0 Å². The van der Waals surface area contributed by atoms with Crippen molar-refractivity contribution in [3.05, 3.63) is 87.9 Å². The zero-order valence-corrected chi connectivity index (χ0v) is 20.8. The highest BCUT2D eigenvalue weighted by atomic mass is 35.5. The van der Waals surface area contributed by atoms with E-state index in [-0.39, 0.29) is 11.8 Å². The molecule has 0 aliphatic carbocycles. The number of hydrogen-bond donors (Lipinski definition) is 3. The molecule has 10 heteroatoms. The number of halogens is 1. The van der Waals surface area contributed by atoms with Gasteiger partial charge in [0.15, 0.2) is 0 Å². The summed E-state index contributed by atoms with van der Waals surface area (Å²) >= 11 is 5.98. The Morgan fingerprint density at radius 2 is 1.74 bits per heavy atom. The molecular formula is C25H25ClN4O4S. The predicted molar refractivity (Wildman–Crippen MR) is 139 cm³/mol. The van der Waals surface area contributed by atoms with Crippen LogP contribution in [0.15, 0.2) is 60.7 Å². The Hall–Kier alpha value is -3.40. The van der Waals surface area contributed by atoms with Crippen molar-refractivity contribution < 1.29 is 18.0 Å². The van der Waals surface area contributed by atoms with Gasteiger partial charge in [0.05, 0.1) is 5.69 Å². The summed E-state index contributed by atoms with van der Waals surface area (Å²) < 4.78 is 28.4. The molecule has 3 N–H and O–H groups in total. The van der Waals surface area contributed by atoms with Crippen molar-refractivity contribution in [2.75, 3.05) is 28.0 Å². The molecule has 3 aromatic rings. The molecule has 35 heavy (non-hydrogen) atoms. The van der Waals surface area contributed by atoms with Gasteiger partial charge in [0.1, 0.15) is 0 Å². The molecule has 1 heterocycles. The summed E-state index contributed by atoms with van der Waals surface area (Å²) in [6.07, 6.45) is 0.699. The van der Waals surface area contributed by atoms with Crippen LogP contribution in [0.25, 0.3) is 0 Å². The second-order valence-electron chi connectivity index (χ2n) is 8.27. The molecular weight excluding hydrogens is 488 g/mol. The molecule has 182 valence electrons. The molecule has 8 nitrogen and oxygen atoms in total. The van der Waals surface area contributed by atoms with Crippen molar-refractivity contribution in [2.45, 2.75) is 20.3 Å². The molecule has 0 radical (unpaired) electrons. The summed E-state index contributed by atoms with van der Waals surface area (Å²) in [5.41, 5.74) is 3.88. The third-order valence-corrected chi connectivity index (χ3v) is 7.46. The number of benzene rings is 3. The topological polar surface area (TPSA) is 108 Å². The lowest BCUT2D eigenvalue weighted by Gasteiger charge is -2.29. The third kappa shape index (κ3) is 5.64. The molecule has 2 amide bonds. The summed E-state index contributed by atoms with van der Waals surface area (Å²) in [7, 11) is -3.58. The Bertz CT molecular complexity index is 1410. The molecule has 0 atom stereocenters. The Morgan fingerprint density at radius 1 is 0.943 bits per heavy atom. The van der Waals surface area contributed by atoms with Crippen LogP contribution in [0.1, 0.15) is 38.3 Å². The van der Waals surface area contributed by atoms with Gasteiger partial charge in [0.25, 0.3) is 11.8 Å². The maximum Gasteiger partial charge on any atom is 0.301 e. The molecule has 0 bridgehead atoms. The molecule has 1 saturated heterocycles. The molecule has 4 rings (SSSR count). The second kappa shape index (κ2) is 10.1. The quantitative estimate of drug-likeness (QED) is 0.467. The maximum atomic E-state index is 13.0. The third-order valence-electron chi connectivity index (χ3n) is 5.69. The zero-order chi connectivity index (χ0) is 25.2. The number of amides is 2. The van der Waals surface area contributed by atoms with Crippen molar-refractivity contribution in [1.29, 1.82) is 0 Å². The van der Waals surface area contributed by atoms with Crippen LogP contribution in [-0.4, -0.2) is 33.3 Å². The molecule has 0 aromatic heterocycles. The van der Waals surface area contributed by atoms with E-state index >= 15 is 0 Å². The van der Waals surface area contributed by atoms with E-state index in [1.807, 2.05) is 6.92 Å². The smallest absolute Gasteiger partial charge is 0.301 e. The van der Waals surface area contributed by atoms with Gasteiger partial charge in [-0.1, -0.05) is 23.7 Å². The standard InChI is InChI=1S/C25H25ClN4O4S/c1-16-7-8-20(15-23(16)29-24(31)18-5-3-6-19(26)14-18)28-25(32)22-10-9-21(13-17(22)2)30-12-4-11-27-35(30,33)34/h3,5-10,13-15,27H,4,11-12H2,1-2H3,(H,28,32)(H,29,31). The van der Waals surface area contributed by atoms with Crippen LogP contribution in [0, 0.1) is 13.8 Å². The molecule has 0 saturated carbocycles. The SMILES string of the molecule is Cc1ccc(NC(=O)c2ccc(N3CCCNS3(=O)=O)cc2C)cc1NC(=O)c1cccc(Cl)c1. The minimum absolute atomic E-state index is 0.312.